The van der Waals surface area contributed by atoms with Crippen LogP contribution < -0.4 is 5.32 Å². The molecule has 0 aliphatic carbocycles. The number of hydrogen-bond donors (Lipinski definition) is 1. The summed E-state index contributed by atoms with van der Waals surface area (Å²) < 4.78 is 7.43. The summed E-state index contributed by atoms with van der Waals surface area (Å²) in [5.41, 5.74) is 2.50. The van der Waals surface area contributed by atoms with Crippen molar-refractivity contribution in [3.05, 3.63) is 53.5 Å². The van der Waals surface area contributed by atoms with Crippen molar-refractivity contribution in [3.8, 4) is 5.69 Å². The molecule has 0 aliphatic rings. The molecule has 0 spiro atoms. The lowest BCUT2D eigenvalue weighted by Gasteiger charge is -2.08. The predicted octanol–water partition coefficient (Wildman–Crippen LogP) is 3.69. The fraction of sp³-hybridized carbons (Fsp3) is 0.368. The second kappa shape index (κ2) is 8.39. The van der Waals surface area contributed by atoms with Crippen LogP contribution >= 0.6 is 11.8 Å². The fourth-order valence-electron chi connectivity index (χ4n) is 2.44. The summed E-state index contributed by atoms with van der Waals surface area (Å²) in [4.78, 5) is 16.4. The molecule has 2 heterocycles. The first kappa shape index (κ1) is 19.2. The molecule has 3 rings (SSSR count). The Hall–Kier alpha value is -2.61. The highest BCUT2D eigenvalue weighted by Gasteiger charge is 2.16. The minimum absolute atomic E-state index is 0.100. The summed E-state index contributed by atoms with van der Waals surface area (Å²) in [6, 6.07) is 8.29. The Morgan fingerprint density at radius 3 is 2.70 bits per heavy atom. The monoisotopic (exact) mass is 385 g/mol. The number of oxazole rings is 1. The van der Waals surface area contributed by atoms with E-state index in [0.29, 0.717) is 17.3 Å². The van der Waals surface area contributed by atoms with Crippen molar-refractivity contribution in [2.24, 2.45) is 0 Å². The standard InChI is InChI=1S/C19H23N5O2S/c1-5-13(3)20-18(25)16-10-26-17(21-16)11-27-19-23-22-14(4)24(19)15-8-6-12(2)7-9-15/h6-10,13H,5,11H2,1-4H3,(H,20,25). The molecule has 0 bridgehead atoms. The molecule has 0 saturated carbocycles. The third-order valence-corrected chi connectivity index (χ3v) is 5.10. The van der Waals surface area contributed by atoms with E-state index in [2.05, 4.69) is 39.6 Å². The number of nitrogens with one attached hydrogen (secondary N) is 1. The lowest BCUT2D eigenvalue weighted by Crippen LogP contribution is -2.32. The third kappa shape index (κ3) is 4.57. The van der Waals surface area contributed by atoms with Gasteiger partial charge in [-0.05, 0) is 39.3 Å². The van der Waals surface area contributed by atoms with Gasteiger partial charge >= 0.3 is 0 Å². The number of amides is 1. The van der Waals surface area contributed by atoms with Gasteiger partial charge < -0.3 is 9.73 Å². The van der Waals surface area contributed by atoms with Crippen molar-refractivity contribution in [2.45, 2.75) is 51.1 Å². The van der Waals surface area contributed by atoms with Crippen LogP contribution in [0.3, 0.4) is 0 Å². The van der Waals surface area contributed by atoms with E-state index in [4.69, 9.17) is 4.42 Å². The van der Waals surface area contributed by atoms with Crippen LogP contribution in [0.15, 0.2) is 40.1 Å². The number of hydrogen-bond acceptors (Lipinski definition) is 6. The van der Waals surface area contributed by atoms with Gasteiger partial charge in [-0.25, -0.2) is 4.98 Å². The van der Waals surface area contributed by atoms with Crippen LogP contribution in [0, 0.1) is 13.8 Å². The highest BCUT2D eigenvalue weighted by atomic mass is 32.2. The van der Waals surface area contributed by atoms with Crippen molar-refractivity contribution in [1.29, 1.82) is 0 Å². The van der Waals surface area contributed by atoms with Crippen molar-refractivity contribution in [3.63, 3.8) is 0 Å². The van der Waals surface area contributed by atoms with Gasteiger partial charge in [-0.2, -0.15) is 0 Å². The van der Waals surface area contributed by atoms with E-state index in [1.165, 1.54) is 23.6 Å². The Morgan fingerprint density at radius 1 is 1.26 bits per heavy atom. The van der Waals surface area contributed by atoms with Crippen LogP contribution in [-0.4, -0.2) is 31.7 Å². The maximum absolute atomic E-state index is 12.1. The number of rotatable bonds is 7. The fourth-order valence-corrected chi connectivity index (χ4v) is 3.29. The van der Waals surface area contributed by atoms with Crippen molar-refractivity contribution < 1.29 is 9.21 Å². The summed E-state index contributed by atoms with van der Waals surface area (Å²) in [6.45, 7) is 7.94. The second-order valence-corrected chi connectivity index (χ2v) is 7.34. The number of carbonyl (C=O) groups is 1. The lowest BCUT2D eigenvalue weighted by molar-refractivity contribution is 0.0934. The molecule has 3 aromatic rings. The second-order valence-electron chi connectivity index (χ2n) is 6.40. The topological polar surface area (TPSA) is 85.8 Å². The zero-order valence-corrected chi connectivity index (χ0v) is 16.7. The molecule has 8 heteroatoms. The molecule has 1 atom stereocenters. The molecule has 1 N–H and O–H groups in total. The maximum Gasteiger partial charge on any atom is 0.273 e. The van der Waals surface area contributed by atoms with E-state index in [-0.39, 0.29) is 11.9 Å². The molecule has 2 aromatic heterocycles. The first-order chi connectivity index (χ1) is 13.0. The number of benzene rings is 1. The number of aromatic nitrogens is 4. The minimum atomic E-state index is -0.219. The van der Waals surface area contributed by atoms with Crippen LogP contribution in [0.5, 0.6) is 0 Å². The Morgan fingerprint density at radius 2 is 2.00 bits per heavy atom. The molecule has 1 amide bonds. The molecule has 1 unspecified atom stereocenters. The van der Waals surface area contributed by atoms with Crippen molar-refractivity contribution in [1.82, 2.24) is 25.1 Å². The van der Waals surface area contributed by atoms with Gasteiger partial charge in [0.15, 0.2) is 10.9 Å². The third-order valence-electron chi connectivity index (χ3n) is 4.19. The Bertz CT molecular complexity index is 917. The van der Waals surface area contributed by atoms with Crippen molar-refractivity contribution in [2.75, 3.05) is 0 Å². The summed E-state index contributed by atoms with van der Waals surface area (Å²) >= 11 is 1.46. The van der Waals surface area contributed by atoms with Crippen LogP contribution in [0.25, 0.3) is 5.69 Å². The molecule has 0 aliphatic heterocycles. The Balaban J connectivity index is 1.70. The number of thioether (sulfide) groups is 1. The highest BCUT2D eigenvalue weighted by molar-refractivity contribution is 7.98. The molecule has 1 aromatic carbocycles. The zero-order chi connectivity index (χ0) is 19.4. The minimum Gasteiger partial charge on any atom is -0.447 e. The molecule has 0 fully saturated rings. The molecule has 27 heavy (non-hydrogen) atoms. The number of aryl methyl sites for hydroxylation is 2. The quantitative estimate of drug-likeness (QED) is 0.624. The zero-order valence-electron chi connectivity index (χ0n) is 15.9. The highest BCUT2D eigenvalue weighted by Crippen LogP contribution is 2.25. The largest absolute Gasteiger partial charge is 0.447 e. The van der Waals surface area contributed by atoms with E-state index in [9.17, 15) is 4.79 Å². The van der Waals surface area contributed by atoms with E-state index < -0.39 is 0 Å². The van der Waals surface area contributed by atoms with E-state index in [0.717, 1.165) is 23.1 Å². The van der Waals surface area contributed by atoms with E-state index in [1.807, 2.05) is 37.5 Å². The smallest absolute Gasteiger partial charge is 0.273 e. The van der Waals surface area contributed by atoms with Gasteiger partial charge in [0.2, 0.25) is 5.89 Å². The van der Waals surface area contributed by atoms with E-state index in [1.54, 1.807) is 0 Å². The first-order valence-corrected chi connectivity index (χ1v) is 9.83. The van der Waals surface area contributed by atoms with Gasteiger partial charge in [0.1, 0.15) is 12.1 Å². The first-order valence-electron chi connectivity index (χ1n) is 8.85. The summed E-state index contributed by atoms with van der Waals surface area (Å²) in [7, 11) is 0. The molecule has 0 radical (unpaired) electrons. The Kier molecular flexibility index (Phi) is 5.95. The number of carbonyl (C=O) groups excluding carboxylic acids is 1. The summed E-state index contributed by atoms with van der Waals surface area (Å²) in [6.07, 6.45) is 2.25. The van der Waals surface area contributed by atoms with Gasteiger partial charge in [0.25, 0.3) is 5.91 Å². The SMILES string of the molecule is CCC(C)NC(=O)c1coc(CSc2nnc(C)n2-c2ccc(C)cc2)n1. The van der Waals surface area contributed by atoms with Crippen molar-refractivity contribution >= 4 is 17.7 Å². The maximum atomic E-state index is 12.1. The van der Waals surface area contributed by atoms with Gasteiger partial charge in [0.05, 0.1) is 5.75 Å². The molecule has 142 valence electrons. The molecular weight excluding hydrogens is 362 g/mol. The normalized spacial score (nSPS) is 12.1. The molecule has 0 saturated heterocycles. The predicted molar refractivity (Wildman–Crippen MR) is 104 cm³/mol. The lowest BCUT2D eigenvalue weighted by atomic mass is 10.2. The van der Waals surface area contributed by atoms with Crippen LogP contribution in [-0.2, 0) is 5.75 Å². The average molecular weight is 385 g/mol. The van der Waals surface area contributed by atoms with Gasteiger partial charge in [-0.15, -0.1) is 10.2 Å². The van der Waals surface area contributed by atoms with Crippen LogP contribution in [0.1, 0.15) is 48.0 Å². The van der Waals surface area contributed by atoms with Gasteiger partial charge in [-0.1, -0.05) is 36.4 Å². The van der Waals surface area contributed by atoms with E-state index >= 15 is 0 Å². The van der Waals surface area contributed by atoms with Crippen LogP contribution in [0.2, 0.25) is 0 Å². The molecule has 7 nitrogen and oxygen atoms in total. The van der Waals surface area contributed by atoms with Crippen LogP contribution in [0.4, 0.5) is 0 Å². The summed E-state index contributed by atoms with van der Waals surface area (Å²) in [5, 5.41) is 12.1. The number of nitrogens with zero attached hydrogens (tertiary/aromatic N) is 4. The Labute approximate surface area is 162 Å². The molecular formula is C19H23N5O2S. The summed E-state index contributed by atoms with van der Waals surface area (Å²) in [5.74, 6) is 1.52. The van der Waals surface area contributed by atoms with Gasteiger partial charge in [-0.3, -0.25) is 9.36 Å². The van der Waals surface area contributed by atoms with Gasteiger partial charge in [0, 0.05) is 11.7 Å². The average Bonchev–Trinajstić information content (AvgIpc) is 3.27.